The number of aliphatic imine (C=N–C) groups is 1. The number of urea groups is 1. The predicted octanol–water partition coefficient (Wildman–Crippen LogP) is 2.59. The Morgan fingerprint density at radius 3 is 2.75 bits per heavy atom. The van der Waals surface area contributed by atoms with Gasteiger partial charge >= 0.3 is 12.0 Å². The van der Waals surface area contributed by atoms with Gasteiger partial charge in [0.1, 0.15) is 0 Å². The van der Waals surface area contributed by atoms with E-state index in [4.69, 9.17) is 0 Å². The number of hydrogen-bond acceptors (Lipinski definition) is 6. The number of isocyanates is 1. The Morgan fingerprint density at radius 1 is 1.32 bits per heavy atom. The molecule has 2 amide bonds. The molecule has 0 bridgehead atoms. The van der Waals surface area contributed by atoms with Crippen LogP contribution < -0.4 is 10.6 Å². The van der Waals surface area contributed by atoms with Crippen LogP contribution in [0.25, 0.3) is 0 Å². The Hall–Kier alpha value is -2.73. The fraction of sp³-hybridized carbons (Fsp3) is 0.600. The second-order valence-corrected chi connectivity index (χ2v) is 8.50. The van der Waals surface area contributed by atoms with E-state index in [2.05, 4.69) is 46.1 Å². The summed E-state index contributed by atoms with van der Waals surface area (Å²) in [7, 11) is 1.31. The highest BCUT2D eigenvalue weighted by Gasteiger charge is 2.41. The van der Waals surface area contributed by atoms with E-state index in [1.807, 2.05) is 0 Å². The fourth-order valence-electron chi connectivity index (χ4n) is 4.23. The van der Waals surface area contributed by atoms with E-state index >= 15 is 0 Å². The van der Waals surface area contributed by atoms with Crippen molar-refractivity contribution in [1.82, 2.24) is 15.6 Å². The summed E-state index contributed by atoms with van der Waals surface area (Å²) in [6.07, 6.45) is 5.66. The van der Waals surface area contributed by atoms with Crippen LogP contribution >= 0.6 is 0 Å². The second-order valence-electron chi connectivity index (χ2n) is 8.50. The van der Waals surface area contributed by atoms with Crippen LogP contribution in [-0.2, 0) is 16.1 Å². The van der Waals surface area contributed by atoms with Gasteiger partial charge in [-0.25, -0.2) is 19.4 Å². The monoisotopic (exact) mass is 388 g/mol. The lowest BCUT2D eigenvalue weighted by atomic mass is 9.63. The van der Waals surface area contributed by atoms with Crippen molar-refractivity contribution in [2.45, 2.75) is 52.6 Å². The first-order chi connectivity index (χ1) is 13.2. The van der Waals surface area contributed by atoms with Crippen LogP contribution in [0.5, 0.6) is 0 Å². The van der Waals surface area contributed by atoms with Gasteiger partial charge < -0.3 is 15.4 Å². The first-order valence-electron chi connectivity index (χ1n) is 9.28. The molecule has 0 aliphatic heterocycles. The molecule has 8 heteroatoms. The Labute approximate surface area is 165 Å². The number of aromatic nitrogens is 1. The highest BCUT2D eigenvalue weighted by Crippen LogP contribution is 2.46. The zero-order valence-electron chi connectivity index (χ0n) is 16.9. The zero-order chi connectivity index (χ0) is 20.8. The normalized spacial score (nSPS) is 23.2. The average Bonchev–Trinajstić information content (AvgIpc) is 2.63. The van der Waals surface area contributed by atoms with E-state index in [1.54, 1.807) is 18.2 Å². The second kappa shape index (κ2) is 8.97. The molecule has 2 rings (SSSR count). The maximum atomic E-state index is 12.2. The van der Waals surface area contributed by atoms with Crippen LogP contribution in [0.3, 0.4) is 0 Å². The standard InChI is InChI=1S/C20H28N4O4/c1-19(2)8-16(24-13-25)9-20(3,11-19)12-23-18(27)22-10-15-7-14(5-6-21-15)17(26)28-4/h5-7,16H,8-12H2,1-4H3,(H2,22,23,27). The Kier molecular flexibility index (Phi) is 6.91. The maximum absolute atomic E-state index is 12.2. The molecule has 28 heavy (non-hydrogen) atoms. The van der Waals surface area contributed by atoms with Crippen molar-refractivity contribution in [3.8, 4) is 0 Å². The van der Waals surface area contributed by atoms with Gasteiger partial charge in [-0.2, -0.15) is 0 Å². The molecule has 0 aromatic carbocycles. The molecule has 152 valence electrons. The van der Waals surface area contributed by atoms with Crippen molar-refractivity contribution >= 4 is 18.1 Å². The molecule has 0 radical (unpaired) electrons. The van der Waals surface area contributed by atoms with Crippen molar-refractivity contribution in [2.75, 3.05) is 13.7 Å². The number of rotatable bonds is 6. The predicted molar refractivity (Wildman–Crippen MR) is 103 cm³/mol. The van der Waals surface area contributed by atoms with Crippen LogP contribution in [0.1, 0.15) is 56.1 Å². The number of amides is 2. The topological polar surface area (TPSA) is 110 Å². The Morgan fingerprint density at radius 2 is 2.07 bits per heavy atom. The summed E-state index contributed by atoms with van der Waals surface area (Å²) in [5, 5.41) is 5.65. The summed E-state index contributed by atoms with van der Waals surface area (Å²) in [5.41, 5.74) is 0.818. The molecule has 1 aromatic rings. The lowest BCUT2D eigenvalue weighted by Crippen LogP contribution is -2.47. The van der Waals surface area contributed by atoms with Crippen molar-refractivity contribution in [3.05, 3.63) is 29.6 Å². The lowest BCUT2D eigenvalue weighted by molar-refractivity contribution is 0.0600. The molecule has 2 unspecified atom stereocenters. The lowest BCUT2D eigenvalue weighted by Gasteiger charge is -2.45. The van der Waals surface area contributed by atoms with Gasteiger partial charge in [0.15, 0.2) is 0 Å². The minimum Gasteiger partial charge on any atom is -0.465 e. The molecule has 1 heterocycles. The largest absolute Gasteiger partial charge is 0.465 e. The number of hydrogen-bond donors (Lipinski definition) is 2. The number of esters is 1. The number of pyridine rings is 1. The molecule has 1 fully saturated rings. The molecule has 1 aliphatic rings. The van der Waals surface area contributed by atoms with Gasteiger partial charge in [0.05, 0.1) is 31.0 Å². The van der Waals surface area contributed by atoms with Gasteiger partial charge in [0.25, 0.3) is 0 Å². The van der Waals surface area contributed by atoms with Gasteiger partial charge in [-0.1, -0.05) is 20.8 Å². The fourth-order valence-corrected chi connectivity index (χ4v) is 4.23. The summed E-state index contributed by atoms with van der Waals surface area (Å²) in [6.45, 7) is 7.07. The summed E-state index contributed by atoms with van der Waals surface area (Å²) < 4.78 is 4.68. The van der Waals surface area contributed by atoms with Gasteiger partial charge in [0, 0.05) is 12.7 Å². The third kappa shape index (κ3) is 6.16. The quantitative estimate of drug-likeness (QED) is 0.442. The molecule has 2 atom stereocenters. The number of nitrogens with one attached hydrogen (secondary N) is 2. The van der Waals surface area contributed by atoms with Crippen LogP contribution in [0.4, 0.5) is 4.79 Å². The molecule has 2 N–H and O–H groups in total. The summed E-state index contributed by atoms with van der Waals surface area (Å²) in [6, 6.07) is 2.75. The molecule has 1 aromatic heterocycles. The summed E-state index contributed by atoms with van der Waals surface area (Å²) >= 11 is 0. The zero-order valence-corrected chi connectivity index (χ0v) is 16.9. The van der Waals surface area contributed by atoms with E-state index in [0.717, 1.165) is 19.3 Å². The van der Waals surface area contributed by atoms with Crippen LogP contribution in [-0.4, -0.2) is 42.8 Å². The Balaban J connectivity index is 1.89. The van der Waals surface area contributed by atoms with Crippen LogP contribution in [0.2, 0.25) is 0 Å². The highest BCUT2D eigenvalue weighted by molar-refractivity contribution is 5.89. The first kappa shape index (κ1) is 21.6. The number of carbonyl (C=O) groups is 2. The third-order valence-corrected chi connectivity index (χ3v) is 5.00. The van der Waals surface area contributed by atoms with Crippen molar-refractivity contribution in [1.29, 1.82) is 0 Å². The molecular formula is C20H28N4O4. The molecule has 8 nitrogen and oxygen atoms in total. The first-order valence-corrected chi connectivity index (χ1v) is 9.28. The SMILES string of the molecule is COC(=O)c1ccnc(CNC(=O)NCC2(C)CC(N=C=O)CC(C)(C)C2)c1. The van der Waals surface area contributed by atoms with Crippen molar-refractivity contribution < 1.29 is 19.1 Å². The highest BCUT2D eigenvalue weighted by atomic mass is 16.5. The number of carbonyl (C=O) groups excluding carboxylic acids is 3. The molecule has 0 spiro atoms. The van der Waals surface area contributed by atoms with E-state index in [-0.39, 0.29) is 29.4 Å². The van der Waals surface area contributed by atoms with Gasteiger partial charge in [0.2, 0.25) is 6.08 Å². The Bertz CT molecular complexity index is 773. The van der Waals surface area contributed by atoms with Crippen molar-refractivity contribution in [2.24, 2.45) is 15.8 Å². The number of methoxy groups -OCH3 is 1. The van der Waals surface area contributed by atoms with E-state index in [0.29, 0.717) is 17.8 Å². The van der Waals surface area contributed by atoms with Gasteiger partial charge in [-0.15, -0.1) is 0 Å². The number of nitrogens with zero attached hydrogens (tertiary/aromatic N) is 2. The number of ether oxygens (including phenoxy) is 1. The van der Waals surface area contributed by atoms with Gasteiger partial charge in [-0.3, -0.25) is 4.98 Å². The molecular weight excluding hydrogens is 360 g/mol. The van der Waals surface area contributed by atoms with E-state index in [9.17, 15) is 14.4 Å². The average molecular weight is 388 g/mol. The maximum Gasteiger partial charge on any atom is 0.337 e. The summed E-state index contributed by atoms with van der Waals surface area (Å²) in [4.78, 5) is 42.5. The van der Waals surface area contributed by atoms with Crippen molar-refractivity contribution in [3.63, 3.8) is 0 Å². The molecule has 1 saturated carbocycles. The minimum absolute atomic E-state index is 0.0361. The molecule has 1 aliphatic carbocycles. The van der Waals surface area contributed by atoms with Gasteiger partial charge in [-0.05, 0) is 42.2 Å². The van der Waals surface area contributed by atoms with Crippen LogP contribution in [0, 0.1) is 10.8 Å². The van der Waals surface area contributed by atoms with Crippen LogP contribution in [0.15, 0.2) is 23.3 Å². The van der Waals surface area contributed by atoms with E-state index in [1.165, 1.54) is 13.3 Å². The molecule has 0 saturated heterocycles. The smallest absolute Gasteiger partial charge is 0.337 e. The third-order valence-electron chi connectivity index (χ3n) is 5.00. The summed E-state index contributed by atoms with van der Waals surface area (Å²) in [5.74, 6) is -0.450. The minimum atomic E-state index is -0.450. The van der Waals surface area contributed by atoms with E-state index < -0.39 is 5.97 Å².